The van der Waals surface area contributed by atoms with Gasteiger partial charge in [0.1, 0.15) is 0 Å². The van der Waals surface area contributed by atoms with Gasteiger partial charge < -0.3 is 9.84 Å². The van der Waals surface area contributed by atoms with E-state index in [-0.39, 0.29) is 11.7 Å². The van der Waals surface area contributed by atoms with E-state index in [2.05, 4.69) is 0 Å². The maximum Gasteiger partial charge on any atom is 0.335 e. The number of carbonyl (C=O) groups is 1. The van der Waals surface area contributed by atoms with Crippen molar-refractivity contribution in [2.24, 2.45) is 0 Å². The average Bonchev–Trinajstić information content (AvgIpc) is 2.67. The maximum atomic E-state index is 10.8. The molecule has 1 saturated heterocycles. The molecule has 1 heterocycles. The molecule has 0 aliphatic carbocycles. The second-order valence-corrected chi connectivity index (χ2v) is 5.66. The molecular formula is C12H13ClO3S. The van der Waals surface area contributed by atoms with E-state index >= 15 is 0 Å². The van der Waals surface area contributed by atoms with E-state index in [0.29, 0.717) is 10.3 Å². The fourth-order valence-corrected chi connectivity index (χ4v) is 3.20. The minimum absolute atomic E-state index is 0.218. The summed E-state index contributed by atoms with van der Waals surface area (Å²) in [5, 5.41) is 9.73. The highest BCUT2D eigenvalue weighted by Gasteiger charge is 2.25. The Hall–Kier alpha value is -0.710. The van der Waals surface area contributed by atoms with Crippen LogP contribution in [-0.2, 0) is 4.74 Å². The van der Waals surface area contributed by atoms with Crippen LogP contribution in [0.4, 0.5) is 0 Å². The van der Waals surface area contributed by atoms with Crippen LogP contribution in [0, 0.1) is 0 Å². The van der Waals surface area contributed by atoms with Gasteiger partial charge in [-0.25, -0.2) is 4.79 Å². The summed E-state index contributed by atoms with van der Waals surface area (Å²) in [5.41, 5.74) is 0.218. The van der Waals surface area contributed by atoms with E-state index in [1.807, 2.05) is 6.92 Å². The topological polar surface area (TPSA) is 46.5 Å². The van der Waals surface area contributed by atoms with Gasteiger partial charge in [0.05, 0.1) is 16.7 Å². The van der Waals surface area contributed by atoms with Gasteiger partial charge >= 0.3 is 5.97 Å². The van der Waals surface area contributed by atoms with Gasteiger partial charge in [-0.2, -0.15) is 0 Å². The molecule has 2 atom stereocenters. The summed E-state index contributed by atoms with van der Waals surface area (Å²) >= 11 is 7.73. The SMILES string of the molecule is CC1OCCC1Sc1ccc(C(=O)O)cc1Cl. The lowest BCUT2D eigenvalue weighted by Gasteiger charge is -2.14. The third-order valence-corrected chi connectivity index (χ3v) is 4.72. The van der Waals surface area contributed by atoms with Gasteiger partial charge in [0.2, 0.25) is 0 Å². The van der Waals surface area contributed by atoms with Crippen LogP contribution in [0.25, 0.3) is 0 Å². The molecule has 1 aliphatic heterocycles. The first-order chi connectivity index (χ1) is 8.08. The predicted octanol–water partition coefficient (Wildman–Crippen LogP) is 3.31. The summed E-state index contributed by atoms with van der Waals surface area (Å²) in [6.07, 6.45) is 1.22. The smallest absolute Gasteiger partial charge is 0.335 e. The molecule has 0 bridgehead atoms. The largest absolute Gasteiger partial charge is 0.478 e. The number of hydrogen-bond acceptors (Lipinski definition) is 3. The normalized spacial score (nSPS) is 23.9. The van der Waals surface area contributed by atoms with E-state index in [9.17, 15) is 4.79 Å². The molecule has 0 spiro atoms. The Morgan fingerprint density at radius 1 is 1.59 bits per heavy atom. The lowest BCUT2D eigenvalue weighted by Crippen LogP contribution is -2.13. The van der Waals surface area contributed by atoms with Gasteiger partial charge in [-0.3, -0.25) is 0 Å². The van der Waals surface area contributed by atoms with Crippen molar-refractivity contribution in [1.29, 1.82) is 0 Å². The molecule has 0 saturated carbocycles. The number of aromatic carboxylic acids is 1. The molecule has 0 radical (unpaired) electrons. The highest BCUT2D eigenvalue weighted by atomic mass is 35.5. The fraction of sp³-hybridized carbons (Fsp3) is 0.417. The van der Waals surface area contributed by atoms with Crippen LogP contribution in [0.5, 0.6) is 0 Å². The van der Waals surface area contributed by atoms with Crippen molar-refractivity contribution in [2.45, 2.75) is 29.6 Å². The molecule has 1 N–H and O–H groups in total. The summed E-state index contributed by atoms with van der Waals surface area (Å²) in [6, 6.07) is 4.84. The van der Waals surface area contributed by atoms with E-state index < -0.39 is 5.97 Å². The van der Waals surface area contributed by atoms with Crippen LogP contribution in [0.2, 0.25) is 5.02 Å². The quantitative estimate of drug-likeness (QED) is 0.917. The summed E-state index contributed by atoms with van der Waals surface area (Å²) in [4.78, 5) is 11.7. The van der Waals surface area contributed by atoms with Crippen LogP contribution in [0.1, 0.15) is 23.7 Å². The molecule has 1 fully saturated rings. The molecule has 1 aliphatic rings. The van der Waals surface area contributed by atoms with Gasteiger partial charge in [0.25, 0.3) is 0 Å². The molecule has 2 rings (SSSR count). The van der Waals surface area contributed by atoms with Gasteiger partial charge in [0.15, 0.2) is 0 Å². The number of halogens is 1. The molecule has 2 unspecified atom stereocenters. The van der Waals surface area contributed by atoms with Crippen LogP contribution >= 0.6 is 23.4 Å². The van der Waals surface area contributed by atoms with Gasteiger partial charge in [-0.1, -0.05) is 11.6 Å². The highest BCUT2D eigenvalue weighted by molar-refractivity contribution is 8.00. The molecule has 3 nitrogen and oxygen atoms in total. The summed E-state index contributed by atoms with van der Waals surface area (Å²) < 4.78 is 5.48. The molecule has 5 heteroatoms. The Bertz CT molecular complexity index is 436. The zero-order chi connectivity index (χ0) is 12.4. The second-order valence-electron chi connectivity index (χ2n) is 3.97. The Labute approximate surface area is 109 Å². The lowest BCUT2D eigenvalue weighted by atomic mass is 10.2. The first kappa shape index (κ1) is 12.7. The van der Waals surface area contributed by atoms with Crippen molar-refractivity contribution >= 4 is 29.3 Å². The molecule has 1 aromatic carbocycles. The molecule has 0 aromatic heterocycles. The first-order valence-corrected chi connectivity index (χ1v) is 6.65. The molecular weight excluding hydrogens is 260 g/mol. The van der Waals surface area contributed by atoms with E-state index in [1.54, 1.807) is 23.9 Å². The third-order valence-electron chi connectivity index (χ3n) is 2.76. The van der Waals surface area contributed by atoms with Gasteiger partial charge in [-0.15, -0.1) is 11.8 Å². The number of ether oxygens (including phenoxy) is 1. The summed E-state index contributed by atoms with van der Waals surface area (Å²) in [5.74, 6) is -0.957. The zero-order valence-corrected chi connectivity index (χ0v) is 10.9. The Kier molecular flexibility index (Phi) is 3.97. The minimum atomic E-state index is -0.957. The van der Waals surface area contributed by atoms with Gasteiger partial charge in [0, 0.05) is 16.8 Å². The Morgan fingerprint density at radius 2 is 2.35 bits per heavy atom. The average molecular weight is 273 g/mol. The zero-order valence-electron chi connectivity index (χ0n) is 9.35. The van der Waals surface area contributed by atoms with Crippen molar-refractivity contribution in [3.8, 4) is 0 Å². The molecule has 1 aromatic rings. The number of carboxylic acids is 1. The number of hydrogen-bond donors (Lipinski definition) is 1. The molecule has 17 heavy (non-hydrogen) atoms. The van der Waals surface area contributed by atoms with Crippen molar-refractivity contribution in [3.63, 3.8) is 0 Å². The maximum absolute atomic E-state index is 10.8. The van der Waals surface area contributed by atoms with Crippen LogP contribution in [-0.4, -0.2) is 29.0 Å². The number of thioether (sulfide) groups is 1. The van der Waals surface area contributed by atoms with Crippen molar-refractivity contribution in [3.05, 3.63) is 28.8 Å². The van der Waals surface area contributed by atoms with E-state index in [1.165, 1.54) is 6.07 Å². The Morgan fingerprint density at radius 3 is 2.88 bits per heavy atom. The number of benzene rings is 1. The summed E-state index contributed by atoms with van der Waals surface area (Å²) in [7, 11) is 0. The van der Waals surface area contributed by atoms with Crippen LogP contribution in [0.3, 0.4) is 0 Å². The minimum Gasteiger partial charge on any atom is -0.478 e. The highest BCUT2D eigenvalue weighted by Crippen LogP contribution is 2.36. The van der Waals surface area contributed by atoms with Gasteiger partial charge in [-0.05, 0) is 31.5 Å². The van der Waals surface area contributed by atoms with E-state index in [0.717, 1.165) is 17.9 Å². The number of carboxylic acid groups (broad SMARTS) is 1. The second kappa shape index (κ2) is 5.29. The summed E-state index contributed by atoms with van der Waals surface area (Å²) in [6.45, 7) is 2.83. The van der Waals surface area contributed by atoms with Crippen molar-refractivity contribution in [2.75, 3.05) is 6.61 Å². The van der Waals surface area contributed by atoms with Crippen molar-refractivity contribution in [1.82, 2.24) is 0 Å². The van der Waals surface area contributed by atoms with Crippen molar-refractivity contribution < 1.29 is 14.6 Å². The van der Waals surface area contributed by atoms with Crippen LogP contribution in [0.15, 0.2) is 23.1 Å². The molecule has 0 amide bonds. The van der Waals surface area contributed by atoms with Crippen LogP contribution < -0.4 is 0 Å². The number of rotatable bonds is 3. The Balaban J connectivity index is 2.14. The predicted molar refractivity (Wildman–Crippen MR) is 68.1 cm³/mol. The fourth-order valence-electron chi connectivity index (χ4n) is 1.76. The first-order valence-electron chi connectivity index (χ1n) is 5.39. The third kappa shape index (κ3) is 2.94. The monoisotopic (exact) mass is 272 g/mol. The van der Waals surface area contributed by atoms with E-state index in [4.69, 9.17) is 21.4 Å². The molecule has 92 valence electrons. The standard InChI is InChI=1S/C12H13ClO3S/c1-7-10(4-5-16-7)17-11-3-2-8(12(14)15)6-9(11)13/h2-3,6-7,10H,4-5H2,1H3,(H,14,15). The lowest BCUT2D eigenvalue weighted by molar-refractivity contribution is 0.0697.